The van der Waals surface area contributed by atoms with Crippen LogP contribution < -0.4 is 5.32 Å². The van der Waals surface area contributed by atoms with Gasteiger partial charge in [0, 0.05) is 12.8 Å². The van der Waals surface area contributed by atoms with Crippen LogP contribution in [0.25, 0.3) is 0 Å². The van der Waals surface area contributed by atoms with E-state index in [2.05, 4.69) is 5.32 Å². The number of aliphatic carboxylic acids is 1. The fourth-order valence-electron chi connectivity index (χ4n) is 2.35. The summed E-state index contributed by atoms with van der Waals surface area (Å²) in [6.07, 6.45) is 0.622. The van der Waals surface area contributed by atoms with E-state index in [1.807, 2.05) is 0 Å². The fraction of sp³-hybridized carbons (Fsp3) is 0.455. The van der Waals surface area contributed by atoms with Crippen molar-refractivity contribution >= 4 is 34.8 Å². The lowest BCUT2D eigenvalue weighted by molar-refractivity contribution is -0.145. The Labute approximate surface area is 112 Å². The average molecular weight is 288 g/mol. The first kappa shape index (κ1) is 12.0. The van der Waals surface area contributed by atoms with Crippen LogP contribution in [0.3, 0.4) is 0 Å². The van der Waals surface area contributed by atoms with Gasteiger partial charge >= 0.3 is 5.97 Å². The second-order valence-corrected chi connectivity index (χ2v) is 6.28. The number of ether oxygens (including phenoxy) is 1. The molecule has 1 aliphatic heterocycles. The first-order chi connectivity index (χ1) is 8.50. The summed E-state index contributed by atoms with van der Waals surface area (Å²) >= 11 is 6.88. The number of rotatable bonds is 3. The monoisotopic (exact) mass is 287 g/mol. The second kappa shape index (κ2) is 3.94. The summed E-state index contributed by atoms with van der Waals surface area (Å²) < 4.78 is 5.72. The van der Waals surface area contributed by atoms with E-state index >= 15 is 0 Å². The molecule has 2 N–H and O–H groups in total. The Bertz CT molecular complexity index is 519. The van der Waals surface area contributed by atoms with Crippen molar-refractivity contribution in [2.75, 3.05) is 0 Å². The SMILES string of the molecule is O=C(NC1(C(=O)O)CC2OC2C1)c1ccc(Cl)s1. The highest BCUT2D eigenvalue weighted by atomic mass is 35.5. The van der Waals surface area contributed by atoms with E-state index in [1.165, 1.54) is 0 Å². The summed E-state index contributed by atoms with van der Waals surface area (Å²) in [5, 5.41) is 11.9. The number of thiophene rings is 1. The molecular weight excluding hydrogens is 278 g/mol. The number of epoxide rings is 1. The van der Waals surface area contributed by atoms with Gasteiger partial charge in [-0.05, 0) is 12.1 Å². The first-order valence-corrected chi connectivity index (χ1v) is 6.66. The maximum atomic E-state index is 12.0. The molecular formula is C11H10ClNO4S. The predicted molar refractivity (Wildman–Crippen MR) is 65.1 cm³/mol. The maximum absolute atomic E-state index is 12.0. The van der Waals surface area contributed by atoms with Gasteiger partial charge in [-0.25, -0.2) is 4.79 Å². The zero-order valence-corrected chi connectivity index (χ0v) is 10.8. The molecule has 1 saturated carbocycles. The van der Waals surface area contributed by atoms with Crippen molar-refractivity contribution in [1.29, 1.82) is 0 Å². The Morgan fingerprint density at radius 3 is 2.61 bits per heavy atom. The maximum Gasteiger partial charge on any atom is 0.329 e. The zero-order valence-electron chi connectivity index (χ0n) is 9.18. The van der Waals surface area contributed by atoms with Crippen LogP contribution in [-0.2, 0) is 9.53 Å². The predicted octanol–water partition coefficient (Wildman–Crippen LogP) is 1.52. The van der Waals surface area contributed by atoms with Gasteiger partial charge < -0.3 is 15.2 Å². The van der Waals surface area contributed by atoms with E-state index in [1.54, 1.807) is 12.1 Å². The normalized spacial score (nSPS) is 32.9. The standard InChI is InChI=1S/C11H10ClNO4S/c12-8-2-1-7(18-8)9(14)13-11(10(15)16)3-5-6(4-11)17-5/h1-2,5-6H,3-4H2,(H,13,14)(H,15,16). The summed E-state index contributed by atoms with van der Waals surface area (Å²) in [5.41, 5.74) is -1.19. The second-order valence-electron chi connectivity index (χ2n) is 4.57. The Balaban J connectivity index is 1.77. The Hall–Kier alpha value is -1.11. The van der Waals surface area contributed by atoms with Crippen molar-refractivity contribution in [2.45, 2.75) is 30.6 Å². The van der Waals surface area contributed by atoms with Crippen LogP contribution in [0.1, 0.15) is 22.5 Å². The van der Waals surface area contributed by atoms with E-state index in [-0.39, 0.29) is 12.2 Å². The average Bonchev–Trinajstić information content (AvgIpc) is 2.75. The number of hydrogen-bond donors (Lipinski definition) is 2. The first-order valence-electron chi connectivity index (χ1n) is 5.47. The lowest BCUT2D eigenvalue weighted by atomic mass is 9.96. The van der Waals surface area contributed by atoms with E-state index < -0.39 is 17.4 Å². The van der Waals surface area contributed by atoms with Gasteiger partial charge in [0.2, 0.25) is 0 Å². The van der Waals surface area contributed by atoms with E-state index in [0.29, 0.717) is 22.1 Å². The quantitative estimate of drug-likeness (QED) is 0.826. The molecule has 1 aromatic rings. The van der Waals surface area contributed by atoms with Gasteiger partial charge in [-0.3, -0.25) is 4.79 Å². The van der Waals surface area contributed by atoms with Crippen LogP contribution in [-0.4, -0.2) is 34.7 Å². The molecule has 3 rings (SSSR count). The van der Waals surface area contributed by atoms with Crippen molar-refractivity contribution in [3.8, 4) is 0 Å². The molecule has 1 saturated heterocycles. The molecule has 18 heavy (non-hydrogen) atoms. The largest absolute Gasteiger partial charge is 0.480 e. The number of carbonyl (C=O) groups excluding carboxylic acids is 1. The van der Waals surface area contributed by atoms with Crippen molar-refractivity contribution < 1.29 is 19.4 Å². The molecule has 1 amide bonds. The number of carboxylic acid groups (broad SMARTS) is 1. The lowest BCUT2D eigenvalue weighted by Crippen LogP contribution is -2.53. The molecule has 96 valence electrons. The third-order valence-corrected chi connectivity index (χ3v) is 4.58. The van der Waals surface area contributed by atoms with E-state index in [9.17, 15) is 14.7 Å². The highest BCUT2D eigenvalue weighted by Crippen LogP contribution is 2.45. The van der Waals surface area contributed by atoms with Crippen molar-refractivity contribution in [1.82, 2.24) is 5.32 Å². The lowest BCUT2D eigenvalue weighted by Gasteiger charge is -2.26. The number of carboxylic acids is 1. The Morgan fingerprint density at radius 2 is 2.11 bits per heavy atom. The smallest absolute Gasteiger partial charge is 0.329 e. The van der Waals surface area contributed by atoms with Gasteiger partial charge in [-0.15, -0.1) is 11.3 Å². The van der Waals surface area contributed by atoms with Gasteiger partial charge in [-0.2, -0.15) is 0 Å². The molecule has 5 nitrogen and oxygen atoms in total. The molecule has 1 aromatic heterocycles. The molecule has 2 unspecified atom stereocenters. The molecule has 7 heteroatoms. The number of fused-ring (bicyclic) bond motifs is 1. The van der Waals surface area contributed by atoms with Gasteiger partial charge in [0.1, 0.15) is 5.54 Å². The third kappa shape index (κ3) is 1.90. The summed E-state index contributed by atoms with van der Waals surface area (Å²) in [6, 6.07) is 3.20. The Morgan fingerprint density at radius 1 is 1.44 bits per heavy atom. The van der Waals surface area contributed by atoms with Gasteiger partial charge in [0.05, 0.1) is 21.4 Å². The molecule has 1 aliphatic carbocycles. The molecule has 2 aliphatic rings. The minimum absolute atomic E-state index is 0.0201. The van der Waals surface area contributed by atoms with Gasteiger partial charge in [0.25, 0.3) is 5.91 Å². The number of hydrogen-bond acceptors (Lipinski definition) is 4. The molecule has 0 radical (unpaired) electrons. The highest BCUT2D eigenvalue weighted by Gasteiger charge is 2.60. The highest BCUT2D eigenvalue weighted by molar-refractivity contribution is 7.18. The topological polar surface area (TPSA) is 78.9 Å². The van der Waals surface area contributed by atoms with E-state index in [0.717, 1.165) is 11.3 Å². The number of amides is 1. The summed E-state index contributed by atoms with van der Waals surface area (Å²) in [6.45, 7) is 0. The van der Waals surface area contributed by atoms with Crippen molar-refractivity contribution in [3.05, 3.63) is 21.3 Å². The number of nitrogens with one attached hydrogen (secondary N) is 1. The van der Waals surface area contributed by atoms with Gasteiger partial charge in [-0.1, -0.05) is 11.6 Å². The van der Waals surface area contributed by atoms with Crippen LogP contribution in [0, 0.1) is 0 Å². The van der Waals surface area contributed by atoms with Crippen LogP contribution >= 0.6 is 22.9 Å². The van der Waals surface area contributed by atoms with Crippen LogP contribution in [0.4, 0.5) is 0 Å². The Kier molecular flexibility index (Phi) is 2.62. The van der Waals surface area contributed by atoms with Crippen LogP contribution in [0.2, 0.25) is 4.34 Å². The van der Waals surface area contributed by atoms with E-state index in [4.69, 9.17) is 16.3 Å². The molecule has 2 fully saturated rings. The molecule has 0 bridgehead atoms. The van der Waals surface area contributed by atoms with Crippen molar-refractivity contribution in [3.63, 3.8) is 0 Å². The molecule has 2 atom stereocenters. The van der Waals surface area contributed by atoms with Crippen molar-refractivity contribution in [2.24, 2.45) is 0 Å². The number of carbonyl (C=O) groups is 2. The van der Waals surface area contributed by atoms with Crippen LogP contribution in [0.5, 0.6) is 0 Å². The summed E-state index contributed by atoms with van der Waals surface area (Å²) in [5.74, 6) is -1.40. The minimum Gasteiger partial charge on any atom is -0.480 e. The molecule has 2 heterocycles. The third-order valence-electron chi connectivity index (χ3n) is 3.35. The fourth-order valence-corrected chi connectivity index (χ4v) is 3.29. The number of halogens is 1. The summed E-state index contributed by atoms with van der Waals surface area (Å²) in [7, 11) is 0. The summed E-state index contributed by atoms with van der Waals surface area (Å²) in [4.78, 5) is 23.8. The van der Waals surface area contributed by atoms with Gasteiger partial charge in [0.15, 0.2) is 0 Å². The zero-order chi connectivity index (χ0) is 12.9. The minimum atomic E-state index is -1.19. The molecule has 0 spiro atoms. The molecule has 0 aromatic carbocycles. The van der Waals surface area contributed by atoms with Crippen LogP contribution in [0.15, 0.2) is 12.1 Å².